The van der Waals surface area contributed by atoms with E-state index in [0.717, 1.165) is 55.0 Å². The Morgan fingerprint density at radius 2 is 1.87 bits per heavy atom. The molecule has 8 nitrogen and oxygen atoms in total. The summed E-state index contributed by atoms with van der Waals surface area (Å²) < 4.78 is 19.6. The van der Waals surface area contributed by atoms with Crippen molar-refractivity contribution in [2.45, 2.75) is 6.61 Å². The van der Waals surface area contributed by atoms with Crippen LogP contribution in [0, 0.1) is 5.13 Å². The molecule has 0 aliphatic heterocycles. The summed E-state index contributed by atoms with van der Waals surface area (Å²) in [6, 6.07) is 18.9. The number of fused-ring (bicyclic) bond motifs is 2. The molecule has 0 saturated heterocycles. The van der Waals surface area contributed by atoms with Crippen LogP contribution in [0.3, 0.4) is 0 Å². The Bertz CT molecular complexity index is 1910. The number of H-pyrrole nitrogens is 2. The first-order valence-electron chi connectivity index (χ1n) is 11.8. The number of halogens is 1. The number of hydrogen-bond acceptors (Lipinski definition) is 7. The topological polar surface area (TPSA) is 105 Å². The smallest absolute Gasteiger partial charge is 0.178 e. The van der Waals surface area contributed by atoms with Crippen molar-refractivity contribution in [2.24, 2.45) is 0 Å². The predicted octanol–water partition coefficient (Wildman–Crippen LogP) is 6.40. The molecule has 0 bridgehead atoms. The van der Waals surface area contributed by atoms with E-state index in [-0.39, 0.29) is 5.13 Å². The molecule has 10 heteroatoms. The van der Waals surface area contributed by atoms with Crippen molar-refractivity contribution >= 4 is 33.4 Å². The second-order valence-electron chi connectivity index (χ2n) is 8.62. The fourth-order valence-corrected chi connectivity index (χ4v) is 5.08. The maximum absolute atomic E-state index is 13.7. The molecule has 0 radical (unpaired) electrons. The molecule has 2 N–H and O–H groups in total. The van der Waals surface area contributed by atoms with Crippen LogP contribution in [0.15, 0.2) is 85.5 Å². The van der Waals surface area contributed by atoms with E-state index in [9.17, 15) is 4.39 Å². The highest BCUT2D eigenvalue weighted by Crippen LogP contribution is 2.34. The van der Waals surface area contributed by atoms with Crippen LogP contribution < -0.4 is 4.74 Å². The molecule has 0 amide bonds. The highest BCUT2D eigenvalue weighted by Gasteiger charge is 2.17. The van der Waals surface area contributed by atoms with Gasteiger partial charge in [-0.3, -0.25) is 15.1 Å². The summed E-state index contributed by atoms with van der Waals surface area (Å²) in [5.41, 5.74) is 6.11. The first-order chi connectivity index (χ1) is 18.7. The summed E-state index contributed by atoms with van der Waals surface area (Å²) in [6.07, 6.45) is 6.84. The van der Waals surface area contributed by atoms with E-state index in [2.05, 4.69) is 35.1 Å². The minimum absolute atomic E-state index is 0.243. The summed E-state index contributed by atoms with van der Waals surface area (Å²) in [5.74, 6) is 1.21. The van der Waals surface area contributed by atoms with Gasteiger partial charge >= 0.3 is 0 Å². The first-order valence-corrected chi connectivity index (χ1v) is 12.6. The average Bonchev–Trinajstić information content (AvgIpc) is 3.70. The molecule has 184 valence electrons. The van der Waals surface area contributed by atoms with Gasteiger partial charge in [0.2, 0.25) is 0 Å². The lowest BCUT2D eigenvalue weighted by Crippen LogP contribution is -1.96. The van der Waals surface area contributed by atoms with Crippen molar-refractivity contribution in [2.75, 3.05) is 0 Å². The highest BCUT2D eigenvalue weighted by molar-refractivity contribution is 7.14. The van der Waals surface area contributed by atoms with Gasteiger partial charge < -0.3 is 9.72 Å². The number of benzene rings is 1. The van der Waals surface area contributed by atoms with E-state index in [4.69, 9.17) is 4.74 Å². The molecular formula is C28H18FN7OS. The number of nitrogens with one attached hydrogen (secondary N) is 2. The number of ether oxygens (including phenoxy) is 1. The number of imidazole rings is 1. The Kier molecular flexibility index (Phi) is 5.37. The van der Waals surface area contributed by atoms with E-state index in [1.54, 1.807) is 30.9 Å². The van der Waals surface area contributed by atoms with Gasteiger partial charge in [-0.25, -0.2) is 9.97 Å². The molecule has 38 heavy (non-hydrogen) atoms. The summed E-state index contributed by atoms with van der Waals surface area (Å²) in [4.78, 5) is 22.2. The molecule has 7 rings (SSSR count). The Morgan fingerprint density at radius 3 is 2.74 bits per heavy atom. The Balaban J connectivity index is 1.24. The Morgan fingerprint density at radius 1 is 0.947 bits per heavy atom. The quantitative estimate of drug-likeness (QED) is 0.263. The van der Waals surface area contributed by atoms with Crippen molar-refractivity contribution in [1.29, 1.82) is 0 Å². The predicted molar refractivity (Wildman–Crippen MR) is 144 cm³/mol. The third-order valence-corrected chi connectivity index (χ3v) is 7.07. The molecular weight excluding hydrogens is 501 g/mol. The van der Waals surface area contributed by atoms with Gasteiger partial charge in [-0.15, -0.1) is 11.3 Å². The largest absolute Gasteiger partial charge is 0.487 e. The normalized spacial score (nSPS) is 11.4. The van der Waals surface area contributed by atoms with Crippen LogP contribution in [0.5, 0.6) is 5.75 Å². The van der Waals surface area contributed by atoms with Crippen molar-refractivity contribution in [1.82, 2.24) is 35.1 Å². The number of aromatic nitrogens is 7. The molecule has 0 saturated carbocycles. The number of hydrogen-bond donors (Lipinski definition) is 2. The molecule has 0 fully saturated rings. The number of aromatic amines is 2. The van der Waals surface area contributed by atoms with Gasteiger partial charge in [0.05, 0.1) is 29.1 Å². The second-order valence-corrected chi connectivity index (χ2v) is 9.65. The fraction of sp³-hybridized carbons (Fsp3) is 0.0357. The molecule has 0 unspecified atom stereocenters. The van der Waals surface area contributed by atoms with Crippen molar-refractivity contribution < 1.29 is 9.13 Å². The molecule has 0 aliphatic carbocycles. The zero-order chi connectivity index (χ0) is 25.5. The Hall–Kier alpha value is -4.96. The maximum Gasteiger partial charge on any atom is 0.178 e. The van der Waals surface area contributed by atoms with Crippen LogP contribution >= 0.6 is 11.3 Å². The SMILES string of the molecule is Fc1ccc(-c2ccnc3nc(-c4n[nH]c5cnc(-c6cncc(OCc7ccccc7)c6)cc45)[nH]c23)s1. The molecule has 0 spiro atoms. The van der Waals surface area contributed by atoms with E-state index >= 15 is 0 Å². The lowest BCUT2D eigenvalue weighted by Gasteiger charge is -2.08. The van der Waals surface area contributed by atoms with Crippen molar-refractivity contribution in [3.63, 3.8) is 0 Å². The summed E-state index contributed by atoms with van der Waals surface area (Å²) in [5, 5.41) is 8.12. The zero-order valence-electron chi connectivity index (χ0n) is 19.7. The summed E-state index contributed by atoms with van der Waals surface area (Å²) in [6.45, 7) is 0.449. The number of pyridine rings is 3. The zero-order valence-corrected chi connectivity index (χ0v) is 20.5. The van der Waals surface area contributed by atoms with Crippen LogP contribution in [-0.4, -0.2) is 35.1 Å². The number of rotatable bonds is 6. The summed E-state index contributed by atoms with van der Waals surface area (Å²) in [7, 11) is 0. The maximum atomic E-state index is 13.7. The van der Waals surface area contributed by atoms with Crippen molar-refractivity contribution in [3.05, 3.63) is 96.1 Å². The van der Waals surface area contributed by atoms with Gasteiger partial charge in [0.25, 0.3) is 0 Å². The lowest BCUT2D eigenvalue weighted by molar-refractivity contribution is 0.305. The third kappa shape index (κ3) is 4.06. The van der Waals surface area contributed by atoms with E-state index in [1.165, 1.54) is 6.07 Å². The molecule has 6 heterocycles. The lowest BCUT2D eigenvalue weighted by atomic mass is 10.1. The standard InChI is InChI=1S/C28H18FN7OS/c29-24-7-6-23(38-24)19-8-9-31-27-25(19)33-28(34-27)26-20-11-21(32-14-22(20)35-36-26)17-10-18(13-30-12-17)37-15-16-4-2-1-3-5-16/h1-14H,15H2,(H,35,36)(H,31,33,34). The average molecular weight is 520 g/mol. The molecule has 6 aromatic heterocycles. The molecule has 0 atom stereocenters. The van der Waals surface area contributed by atoms with Gasteiger partial charge in [0.15, 0.2) is 16.6 Å². The molecule has 1 aromatic carbocycles. The van der Waals surface area contributed by atoms with Crippen LogP contribution in [0.25, 0.3) is 55.3 Å². The minimum Gasteiger partial charge on any atom is -0.487 e. The van der Waals surface area contributed by atoms with Gasteiger partial charge in [-0.2, -0.15) is 9.49 Å². The highest BCUT2D eigenvalue weighted by atomic mass is 32.1. The van der Waals surface area contributed by atoms with Crippen LogP contribution in [0.2, 0.25) is 0 Å². The first kappa shape index (κ1) is 22.3. The number of nitrogens with zero attached hydrogens (tertiary/aromatic N) is 5. The molecule has 7 aromatic rings. The van der Waals surface area contributed by atoms with Gasteiger partial charge in [-0.05, 0) is 35.9 Å². The molecule has 0 aliphatic rings. The monoisotopic (exact) mass is 519 g/mol. The van der Waals surface area contributed by atoms with Gasteiger partial charge in [0, 0.05) is 33.8 Å². The van der Waals surface area contributed by atoms with Crippen LogP contribution in [0.4, 0.5) is 4.39 Å². The van der Waals surface area contributed by atoms with Crippen LogP contribution in [0.1, 0.15) is 5.56 Å². The third-order valence-electron chi connectivity index (χ3n) is 6.16. The minimum atomic E-state index is -0.243. The van der Waals surface area contributed by atoms with Gasteiger partial charge in [0.1, 0.15) is 18.1 Å². The fourth-order valence-electron chi connectivity index (χ4n) is 4.32. The Labute approximate surface area is 219 Å². The second kappa shape index (κ2) is 9.16. The van der Waals surface area contributed by atoms with E-state index in [1.807, 2.05) is 48.5 Å². The van der Waals surface area contributed by atoms with Crippen LogP contribution in [-0.2, 0) is 6.61 Å². The van der Waals surface area contributed by atoms with Crippen molar-refractivity contribution in [3.8, 4) is 39.0 Å². The number of thiophene rings is 1. The van der Waals surface area contributed by atoms with E-state index < -0.39 is 0 Å². The van der Waals surface area contributed by atoms with Gasteiger partial charge in [-0.1, -0.05) is 30.3 Å². The van der Waals surface area contributed by atoms with E-state index in [0.29, 0.717) is 29.5 Å². The summed E-state index contributed by atoms with van der Waals surface area (Å²) >= 11 is 1.08.